The molecule has 0 unspecified atom stereocenters. The van der Waals surface area contributed by atoms with Crippen LogP contribution in [0.3, 0.4) is 0 Å². The van der Waals surface area contributed by atoms with Gasteiger partial charge in [0.25, 0.3) is 0 Å². The van der Waals surface area contributed by atoms with Crippen LogP contribution in [0.25, 0.3) is 11.0 Å². The minimum atomic E-state index is -0.0315. The van der Waals surface area contributed by atoms with Crippen LogP contribution in [0, 0.1) is 13.8 Å². The lowest BCUT2D eigenvalue weighted by Gasteiger charge is -2.02. The van der Waals surface area contributed by atoms with Gasteiger partial charge in [-0.1, -0.05) is 24.8 Å². The molecule has 25 heavy (non-hydrogen) atoms. The molecule has 2 aromatic heterocycles. The van der Waals surface area contributed by atoms with E-state index in [2.05, 4.69) is 50.4 Å². The molecular weight excluding hydrogens is 336 g/mol. The van der Waals surface area contributed by atoms with E-state index in [0.717, 1.165) is 29.1 Å². The zero-order chi connectivity index (χ0) is 17.8. The molecule has 3 N–H and O–H groups in total. The molecule has 0 atom stereocenters. The number of carbonyl (C=O) groups is 1. The molecule has 0 saturated heterocycles. The highest BCUT2D eigenvalue weighted by atomic mass is 32.2. The lowest BCUT2D eigenvalue weighted by Crippen LogP contribution is -2.27. The molecule has 1 aromatic carbocycles. The molecule has 0 aliphatic rings. The molecule has 0 fully saturated rings. The van der Waals surface area contributed by atoms with Crippen molar-refractivity contribution < 1.29 is 4.79 Å². The van der Waals surface area contributed by atoms with Crippen LogP contribution in [0.15, 0.2) is 17.3 Å². The monoisotopic (exact) mass is 358 g/mol. The fourth-order valence-electron chi connectivity index (χ4n) is 2.48. The summed E-state index contributed by atoms with van der Waals surface area (Å²) in [4.78, 5) is 24.1. The standard InChI is InChI=1S/C17H22N6OS/c1-4-13-21-17(23-22-13)25-9-15(24)18-8-7-14-19-12-6-5-10(2)11(3)16(12)20-14/h5-6H,4,7-9H2,1-3H3,(H,18,24)(H,19,20)(H,21,22,23). The van der Waals surface area contributed by atoms with Crippen molar-refractivity contribution in [1.29, 1.82) is 0 Å². The molecule has 0 spiro atoms. The molecule has 1 amide bonds. The van der Waals surface area contributed by atoms with Crippen LogP contribution < -0.4 is 5.32 Å². The van der Waals surface area contributed by atoms with Gasteiger partial charge in [-0.05, 0) is 31.0 Å². The quantitative estimate of drug-likeness (QED) is 0.563. The van der Waals surface area contributed by atoms with Gasteiger partial charge in [-0.3, -0.25) is 9.89 Å². The van der Waals surface area contributed by atoms with Gasteiger partial charge in [-0.2, -0.15) is 0 Å². The molecule has 7 nitrogen and oxygen atoms in total. The van der Waals surface area contributed by atoms with E-state index >= 15 is 0 Å². The summed E-state index contributed by atoms with van der Waals surface area (Å²) < 4.78 is 0. The molecule has 0 radical (unpaired) electrons. The highest BCUT2D eigenvalue weighted by Crippen LogP contribution is 2.19. The summed E-state index contributed by atoms with van der Waals surface area (Å²) in [5.41, 5.74) is 4.47. The number of carbonyl (C=O) groups excluding carboxylic acids is 1. The van der Waals surface area contributed by atoms with Crippen LogP contribution in [0.1, 0.15) is 29.7 Å². The Hall–Kier alpha value is -2.35. The number of H-pyrrole nitrogens is 2. The summed E-state index contributed by atoms with van der Waals surface area (Å²) >= 11 is 1.33. The molecule has 3 aromatic rings. The average molecular weight is 358 g/mol. The third kappa shape index (κ3) is 4.19. The predicted octanol–water partition coefficient (Wildman–Crippen LogP) is 2.31. The number of hydrogen-bond acceptors (Lipinski definition) is 5. The van der Waals surface area contributed by atoms with Crippen molar-refractivity contribution in [1.82, 2.24) is 30.5 Å². The Balaban J connectivity index is 1.47. The smallest absolute Gasteiger partial charge is 0.230 e. The van der Waals surface area contributed by atoms with Gasteiger partial charge in [0.15, 0.2) is 0 Å². The van der Waals surface area contributed by atoms with Crippen LogP contribution in [0.4, 0.5) is 0 Å². The van der Waals surface area contributed by atoms with Crippen molar-refractivity contribution in [2.75, 3.05) is 12.3 Å². The summed E-state index contributed by atoms with van der Waals surface area (Å²) in [5, 5.41) is 10.4. The van der Waals surface area contributed by atoms with Gasteiger partial charge in [-0.15, -0.1) is 5.10 Å². The van der Waals surface area contributed by atoms with E-state index < -0.39 is 0 Å². The number of fused-ring (bicyclic) bond motifs is 1. The Kier molecular flexibility index (Phi) is 5.37. The zero-order valence-electron chi connectivity index (χ0n) is 14.6. The minimum Gasteiger partial charge on any atom is -0.355 e. The molecule has 8 heteroatoms. The second kappa shape index (κ2) is 7.69. The van der Waals surface area contributed by atoms with Crippen LogP contribution >= 0.6 is 11.8 Å². The largest absolute Gasteiger partial charge is 0.355 e. The Morgan fingerprint density at radius 1 is 1.24 bits per heavy atom. The Bertz CT molecular complexity index is 885. The van der Waals surface area contributed by atoms with Crippen molar-refractivity contribution in [3.8, 4) is 0 Å². The number of thioether (sulfide) groups is 1. The average Bonchev–Trinajstić information content (AvgIpc) is 3.23. The van der Waals surface area contributed by atoms with Crippen molar-refractivity contribution in [3.05, 3.63) is 34.9 Å². The number of imidazole rings is 1. The van der Waals surface area contributed by atoms with Crippen molar-refractivity contribution in [2.24, 2.45) is 0 Å². The first kappa shape index (κ1) is 17.5. The number of benzene rings is 1. The summed E-state index contributed by atoms with van der Waals surface area (Å²) in [6.45, 7) is 6.71. The maximum absolute atomic E-state index is 11.9. The Morgan fingerprint density at radius 3 is 2.84 bits per heavy atom. The fraction of sp³-hybridized carbons (Fsp3) is 0.412. The number of nitrogens with one attached hydrogen (secondary N) is 3. The van der Waals surface area contributed by atoms with Gasteiger partial charge in [-0.25, -0.2) is 9.97 Å². The first-order chi connectivity index (χ1) is 12.1. The number of aryl methyl sites for hydroxylation is 3. The molecule has 3 rings (SSSR count). The van der Waals surface area contributed by atoms with E-state index in [1.807, 2.05) is 13.0 Å². The lowest BCUT2D eigenvalue weighted by molar-refractivity contribution is -0.118. The SMILES string of the molecule is CCc1nc(SCC(=O)NCCc2nc3c(C)c(C)ccc3[nH]2)n[nH]1. The number of aromatic nitrogens is 5. The van der Waals surface area contributed by atoms with Crippen LogP contribution in [-0.2, 0) is 17.6 Å². The van der Waals surface area contributed by atoms with Gasteiger partial charge in [0.1, 0.15) is 11.6 Å². The van der Waals surface area contributed by atoms with Gasteiger partial charge < -0.3 is 10.3 Å². The number of rotatable bonds is 7. The summed E-state index contributed by atoms with van der Waals surface area (Å²) in [5.74, 6) is 1.99. The number of aromatic amines is 2. The third-order valence-electron chi connectivity index (χ3n) is 4.09. The lowest BCUT2D eigenvalue weighted by atomic mass is 10.1. The van der Waals surface area contributed by atoms with Gasteiger partial charge >= 0.3 is 0 Å². The molecular formula is C17H22N6OS. The second-order valence-electron chi connectivity index (χ2n) is 5.89. The number of amides is 1. The van der Waals surface area contributed by atoms with Crippen molar-refractivity contribution >= 4 is 28.7 Å². The molecule has 0 aliphatic carbocycles. The molecule has 2 heterocycles. The van der Waals surface area contributed by atoms with E-state index in [9.17, 15) is 4.79 Å². The van der Waals surface area contributed by atoms with E-state index in [1.54, 1.807) is 0 Å². The molecule has 0 saturated carbocycles. The predicted molar refractivity (Wildman–Crippen MR) is 98.8 cm³/mol. The van der Waals surface area contributed by atoms with E-state index in [0.29, 0.717) is 23.9 Å². The number of nitrogens with zero attached hydrogens (tertiary/aromatic N) is 3. The normalized spacial score (nSPS) is 11.2. The first-order valence-electron chi connectivity index (χ1n) is 8.32. The van der Waals surface area contributed by atoms with Crippen molar-refractivity contribution in [3.63, 3.8) is 0 Å². The van der Waals surface area contributed by atoms with Crippen LogP contribution in [0.5, 0.6) is 0 Å². The van der Waals surface area contributed by atoms with E-state index in [4.69, 9.17) is 0 Å². The minimum absolute atomic E-state index is 0.0315. The maximum Gasteiger partial charge on any atom is 0.230 e. The second-order valence-corrected chi connectivity index (χ2v) is 6.84. The van der Waals surface area contributed by atoms with Crippen LogP contribution in [0.2, 0.25) is 0 Å². The van der Waals surface area contributed by atoms with Crippen molar-refractivity contribution in [2.45, 2.75) is 38.8 Å². The molecule has 0 bridgehead atoms. The zero-order valence-corrected chi connectivity index (χ0v) is 15.5. The maximum atomic E-state index is 11.9. The summed E-state index contributed by atoms with van der Waals surface area (Å²) in [6.07, 6.45) is 1.47. The van der Waals surface area contributed by atoms with E-state index in [-0.39, 0.29) is 5.91 Å². The Morgan fingerprint density at radius 2 is 2.08 bits per heavy atom. The first-order valence-corrected chi connectivity index (χ1v) is 9.31. The van der Waals surface area contributed by atoms with Gasteiger partial charge in [0.05, 0.1) is 16.8 Å². The highest BCUT2D eigenvalue weighted by molar-refractivity contribution is 7.99. The van der Waals surface area contributed by atoms with E-state index in [1.165, 1.54) is 22.9 Å². The fourth-order valence-corrected chi connectivity index (χ4v) is 3.13. The van der Waals surface area contributed by atoms with Gasteiger partial charge in [0.2, 0.25) is 11.1 Å². The summed E-state index contributed by atoms with van der Waals surface area (Å²) in [6, 6.07) is 4.14. The van der Waals surface area contributed by atoms with Gasteiger partial charge in [0, 0.05) is 19.4 Å². The molecule has 0 aliphatic heterocycles. The Labute approximate surface area is 150 Å². The third-order valence-corrected chi connectivity index (χ3v) is 4.94. The summed E-state index contributed by atoms with van der Waals surface area (Å²) in [7, 11) is 0. The highest BCUT2D eigenvalue weighted by Gasteiger charge is 2.09. The molecule has 132 valence electrons. The number of hydrogen-bond donors (Lipinski definition) is 3. The topological polar surface area (TPSA) is 99.3 Å². The van der Waals surface area contributed by atoms with Crippen LogP contribution in [-0.4, -0.2) is 43.4 Å².